The Morgan fingerprint density at radius 3 is 1.35 bits per heavy atom. The van der Waals surface area contributed by atoms with E-state index in [0.29, 0.717) is 0 Å². The molecule has 2 nitrogen and oxygen atoms in total. The van der Waals surface area contributed by atoms with Crippen LogP contribution in [0.5, 0.6) is 0 Å². The van der Waals surface area contributed by atoms with E-state index in [2.05, 4.69) is 228 Å². The quantitative estimate of drug-likeness (QED) is 0.154. The van der Waals surface area contributed by atoms with Gasteiger partial charge in [0.2, 0.25) is 0 Å². The van der Waals surface area contributed by atoms with Gasteiger partial charge in [-0.1, -0.05) is 152 Å². The zero-order chi connectivity index (χ0) is 35.8. The Morgan fingerprint density at radius 2 is 0.722 bits per heavy atom. The summed E-state index contributed by atoms with van der Waals surface area (Å²) < 4.78 is 0. The fourth-order valence-corrected chi connectivity index (χ4v) is 8.16. The van der Waals surface area contributed by atoms with Gasteiger partial charge in [-0.05, 0) is 110 Å². The lowest BCUT2D eigenvalue weighted by atomic mass is 9.89. The first-order valence-electron chi connectivity index (χ1n) is 18.5. The number of hydrogen-bond acceptors (Lipinski definition) is 2. The van der Waals surface area contributed by atoms with E-state index in [9.17, 15) is 0 Å². The third kappa shape index (κ3) is 5.44. The highest BCUT2D eigenvalue weighted by Crippen LogP contribution is 2.47. The molecule has 0 amide bonds. The van der Waals surface area contributed by atoms with Crippen molar-refractivity contribution < 1.29 is 0 Å². The number of anilines is 6. The van der Waals surface area contributed by atoms with E-state index >= 15 is 0 Å². The van der Waals surface area contributed by atoms with Crippen LogP contribution in [0.1, 0.15) is 0 Å². The summed E-state index contributed by atoms with van der Waals surface area (Å²) in [6.07, 6.45) is 0. The van der Waals surface area contributed by atoms with Gasteiger partial charge in [0.05, 0.1) is 11.4 Å². The van der Waals surface area contributed by atoms with Crippen molar-refractivity contribution in [1.82, 2.24) is 0 Å². The first-order chi connectivity index (χ1) is 26.8. The van der Waals surface area contributed by atoms with Gasteiger partial charge in [0.25, 0.3) is 0 Å². The van der Waals surface area contributed by atoms with Gasteiger partial charge in [0.15, 0.2) is 0 Å². The molecular formula is C52H36N2. The molecule has 0 radical (unpaired) electrons. The van der Waals surface area contributed by atoms with Gasteiger partial charge in [-0.2, -0.15) is 0 Å². The Labute approximate surface area is 315 Å². The van der Waals surface area contributed by atoms with Gasteiger partial charge >= 0.3 is 0 Å². The number of nitrogens with zero attached hydrogens (tertiary/aromatic N) is 2. The minimum atomic E-state index is 1.11. The third-order valence-electron chi connectivity index (χ3n) is 10.6. The Balaban J connectivity index is 1.20. The molecule has 0 atom stereocenters. The van der Waals surface area contributed by atoms with Crippen LogP contribution in [0, 0.1) is 0 Å². The fraction of sp³-hybridized carbons (Fsp3) is 0. The van der Waals surface area contributed by atoms with Crippen LogP contribution in [0.4, 0.5) is 34.1 Å². The van der Waals surface area contributed by atoms with Crippen molar-refractivity contribution in [2.45, 2.75) is 0 Å². The summed E-state index contributed by atoms with van der Waals surface area (Å²) in [5.74, 6) is 0. The average molecular weight is 689 g/mol. The predicted octanol–water partition coefficient (Wildman–Crippen LogP) is 14.9. The van der Waals surface area contributed by atoms with Crippen LogP contribution in [-0.4, -0.2) is 0 Å². The summed E-state index contributed by atoms with van der Waals surface area (Å²) in [5.41, 5.74) is 9.19. The topological polar surface area (TPSA) is 6.48 Å². The van der Waals surface area contributed by atoms with Gasteiger partial charge in [0, 0.05) is 33.5 Å². The maximum atomic E-state index is 2.44. The summed E-state index contributed by atoms with van der Waals surface area (Å²) in [4.78, 5) is 4.75. The smallest absolute Gasteiger partial charge is 0.0546 e. The maximum Gasteiger partial charge on any atom is 0.0546 e. The molecule has 54 heavy (non-hydrogen) atoms. The molecule has 2 heteroatoms. The predicted molar refractivity (Wildman–Crippen MR) is 231 cm³/mol. The standard InChI is InChI=1S/C52H36N2/c1-4-19-40(20-5-1)53(41-21-6-2-7-22-41)43-33-31-38(32-34-43)49-35-39-36-51(46-27-13-15-29-48(46)52(39)47-28-14-12-26-45(47)49)54(42-23-8-3-9-24-42)50-30-16-18-37-17-10-11-25-44(37)50/h1-36H. The minimum Gasteiger partial charge on any atom is -0.311 e. The second kappa shape index (κ2) is 13.4. The van der Waals surface area contributed by atoms with E-state index in [1.807, 2.05) is 0 Å². The van der Waals surface area contributed by atoms with Crippen LogP contribution < -0.4 is 9.80 Å². The van der Waals surface area contributed by atoms with Gasteiger partial charge in [-0.3, -0.25) is 0 Å². The molecule has 254 valence electrons. The first kappa shape index (κ1) is 31.6. The Bertz CT molecular complexity index is 2870. The second-order valence-electron chi connectivity index (χ2n) is 13.7. The van der Waals surface area contributed by atoms with Gasteiger partial charge in [0.1, 0.15) is 0 Å². The largest absolute Gasteiger partial charge is 0.311 e. The van der Waals surface area contributed by atoms with E-state index in [1.165, 1.54) is 54.2 Å². The Morgan fingerprint density at radius 1 is 0.259 bits per heavy atom. The zero-order valence-corrected chi connectivity index (χ0v) is 29.7. The van der Waals surface area contributed by atoms with Crippen molar-refractivity contribution >= 4 is 77.2 Å². The number of benzene rings is 10. The average Bonchev–Trinajstić information content (AvgIpc) is 3.25. The van der Waals surface area contributed by atoms with Crippen molar-refractivity contribution in [3.05, 3.63) is 218 Å². The Kier molecular flexibility index (Phi) is 7.85. The van der Waals surface area contributed by atoms with Crippen LogP contribution in [0.25, 0.3) is 54.2 Å². The lowest BCUT2D eigenvalue weighted by Gasteiger charge is -2.29. The molecule has 0 aliphatic carbocycles. The van der Waals surface area contributed by atoms with Crippen molar-refractivity contribution in [3.8, 4) is 11.1 Å². The van der Waals surface area contributed by atoms with Crippen LogP contribution in [0.2, 0.25) is 0 Å². The van der Waals surface area contributed by atoms with Crippen LogP contribution in [0.3, 0.4) is 0 Å². The molecule has 0 spiro atoms. The third-order valence-corrected chi connectivity index (χ3v) is 10.6. The molecule has 0 saturated carbocycles. The van der Waals surface area contributed by atoms with Gasteiger partial charge in [-0.25, -0.2) is 0 Å². The molecule has 10 rings (SSSR count). The van der Waals surface area contributed by atoms with Crippen molar-refractivity contribution in [2.24, 2.45) is 0 Å². The molecule has 0 N–H and O–H groups in total. The molecule has 10 aromatic carbocycles. The van der Waals surface area contributed by atoms with Crippen molar-refractivity contribution in [1.29, 1.82) is 0 Å². The van der Waals surface area contributed by atoms with Crippen molar-refractivity contribution in [3.63, 3.8) is 0 Å². The SMILES string of the molecule is c1ccc(N(c2ccccc2)c2ccc(-c3cc4cc(N(c5ccccc5)c5cccc6ccccc56)c5ccccc5c4c4ccccc34)cc2)cc1. The monoisotopic (exact) mass is 688 g/mol. The molecule has 0 heterocycles. The lowest BCUT2D eigenvalue weighted by Crippen LogP contribution is -2.11. The number of fused-ring (bicyclic) bond motifs is 6. The molecule has 0 aliphatic heterocycles. The fourth-order valence-electron chi connectivity index (χ4n) is 8.16. The van der Waals surface area contributed by atoms with Crippen LogP contribution >= 0.6 is 0 Å². The molecule has 0 fully saturated rings. The summed E-state index contributed by atoms with van der Waals surface area (Å²) in [7, 11) is 0. The normalized spacial score (nSPS) is 11.3. The lowest BCUT2D eigenvalue weighted by molar-refractivity contribution is 1.28. The minimum absolute atomic E-state index is 1.11. The summed E-state index contributed by atoms with van der Waals surface area (Å²) in [6, 6.07) is 78.9. The summed E-state index contributed by atoms with van der Waals surface area (Å²) in [5, 5.41) is 9.87. The van der Waals surface area contributed by atoms with E-state index < -0.39 is 0 Å². The summed E-state index contributed by atoms with van der Waals surface area (Å²) >= 11 is 0. The summed E-state index contributed by atoms with van der Waals surface area (Å²) in [6.45, 7) is 0. The van der Waals surface area contributed by atoms with Gasteiger partial charge < -0.3 is 9.80 Å². The van der Waals surface area contributed by atoms with Crippen LogP contribution in [0.15, 0.2) is 218 Å². The molecule has 0 aromatic heterocycles. The molecule has 0 bridgehead atoms. The zero-order valence-electron chi connectivity index (χ0n) is 29.7. The number of hydrogen-bond donors (Lipinski definition) is 0. The molecule has 10 aromatic rings. The second-order valence-corrected chi connectivity index (χ2v) is 13.7. The van der Waals surface area contributed by atoms with Crippen LogP contribution in [-0.2, 0) is 0 Å². The highest BCUT2D eigenvalue weighted by Gasteiger charge is 2.21. The molecular weight excluding hydrogens is 653 g/mol. The maximum absolute atomic E-state index is 2.44. The van der Waals surface area contributed by atoms with Crippen molar-refractivity contribution in [2.75, 3.05) is 9.80 Å². The van der Waals surface area contributed by atoms with E-state index in [4.69, 9.17) is 0 Å². The first-order valence-corrected chi connectivity index (χ1v) is 18.5. The molecule has 0 aliphatic rings. The number of rotatable bonds is 7. The highest BCUT2D eigenvalue weighted by molar-refractivity contribution is 6.26. The van der Waals surface area contributed by atoms with E-state index in [1.54, 1.807) is 0 Å². The van der Waals surface area contributed by atoms with Gasteiger partial charge in [-0.15, -0.1) is 0 Å². The Hall–Kier alpha value is -7.16. The van der Waals surface area contributed by atoms with E-state index in [0.717, 1.165) is 34.1 Å². The highest BCUT2D eigenvalue weighted by atomic mass is 15.1. The number of para-hydroxylation sites is 3. The molecule has 0 unspecified atom stereocenters. The van der Waals surface area contributed by atoms with E-state index in [-0.39, 0.29) is 0 Å². The molecule has 0 saturated heterocycles.